The number of Topliss-reactive ketones (excluding diaryl/α,β-unsaturated/α-hetero) is 1. The van der Waals surface area contributed by atoms with Crippen molar-refractivity contribution in [1.29, 1.82) is 0 Å². The lowest BCUT2D eigenvalue weighted by Gasteiger charge is -2.29. The van der Waals surface area contributed by atoms with Crippen LogP contribution in [0.1, 0.15) is 96.8 Å². The minimum absolute atomic E-state index is 0.0220. The Kier molecular flexibility index (Phi) is 21.0. The minimum atomic E-state index is -5.07. The van der Waals surface area contributed by atoms with Gasteiger partial charge in [-0.05, 0) is 32.1 Å². The standard InChI is InChI=1S/C24H47O10P/c1-2-3-4-5-6-7-8-9-10-11-12-13-14-15-16-17-20(27)23(22(19-26)34-29)33-24(21(28)18-25)35(30,31)32/h9-10,21-26,28-29H,2-8,11-19H2,1H3,(H2,30,31,32)/b10-9-/t21?,22-,23?,24?/m0/s1. The first-order valence-electron chi connectivity index (χ1n) is 12.8. The fourth-order valence-corrected chi connectivity index (χ4v) is 4.53. The molecular formula is C24H47O10P. The number of ether oxygens (including phenoxy) is 1. The molecule has 0 fully saturated rings. The number of hydrogen-bond acceptors (Lipinski definition) is 8. The molecule has 0 aliphatic heterocycles. The Morgan fingerprint density at radius 3 is 1.83 bits per heavy atom. The lowest BCUT2D eigenvalue weighted by atomic mass is 10.0. The van der Waals surface area contributed by atoms with Gasteiger partial charge >= 0.3 is 7.60 Å². The van der Waals surface area contributed by atoms with E-state index in [2.05, 4.69) is 24.0 Å². The molecule has 10 nitrogen and oxygen atoms in total. The highest BCUT2D eigenvalue weighted by molar-refractivity contribution is 7.52. The van der Waals surface area contributed by atoms with Crippen molar-refractivity contribution in [3.63, 3.8) is 0 Å². The van der Waals surface area contributed by atoms with Gasteiger partial charge in [-0.2, -0.15) is 0 Å². The molecule has 0 heterocycles. The van der Waals surface area contributed by atoms with Crippen LogP contribution in [0.25, 0.3) is 0 Å². The third-order valence-electron chi connectivity index (χ3n) is 5.79. The van der Waals surface area contributed by atoms with Crippen LogP contribution in [0.3, 0.4) is 0 Å². The van der Waals surface area contributed by atoms with Gasteiger partial charge in [-0.3, -0.25) is 14.6 Å². The molecule has 0 aromatic rings. The topological polar surface area (TPSA) is 174 Å². The SMILES string of the molecule is CCCCCCCC/C=C\CCCCCCCC(=O)C(OC(C(O)CO)P(=O)(O)O)[C@H](CO)OO. The third kappa shape index (κ3) is 16.6. The molecule has 0 bridgehead atoms. The van der Waals surface area contributed by atoms with Crippen molar-refractivity contribution < 1.29 is 49.3 Å². The molecule has 4 atom stereocenters. The molecule has 6 N–H and O–H groups in total. The molecule has 3 unspecified atom stereocenters. The second kappa shape index (κ2) is 21.4. The van der Waals surface area contributed by atoms with Gasteiger partial charge in [-0.1, -0.05) is 70.4 Å². The monoisotopic (exact) mass is 526 g/mol. The molecule has 0 spiro atoms. The maximum atomic E-state index is 12.6. The summed E-state index contributed by atoms with van der Waals surface area (Å²) in [7, 11) is -5.07. The Bertz CT molecular complexity index is 591. The van der Waals surface area contributed by atoms with Crippen LogP contribution in [0.15, 0.2) is 12.2 Å². The van der Waals surface area contributed by atoms with E-state index in [0.717, 1.165) is 38.5 Å². The molecule has 0 aliphatic carbocycles. The zero-order valence-electron chi connectivity index (χ0n) is 21.0. The predicted octanol–water partition coefficient (Wildman–Crippen LogP) is 3.69. The highest BCUT2D eigenvalue weighted by Crippen LogP contribution is 2.44. The average Bonchev–Trinajstić information content (AvgIpc) is 2.82. The third-order valence-corrected chi connectivity index (χ3v) is 6.92. The summed E-state index contributed by atoms with van der Waals surface area (Å²) in [5.74, 6) is -2.85. The molecule has 0 radical (unpaired) electrons. The van der Waals surface area contributed by atoms with Gasteiger partial charge in [0.25, 0.3) is 0 Å². The van der Waals surface area contributed by atoms with E-state index in [-0.39, 0.29) is 6.42 Å². The number of aliphatic hydroxyl groups is 3. The molecule has 0 aliphatic rings. The van der Waals surface area contributed by atoms with Gasteiger partial charge in [0.05, 0.1) is 13.2 Å². The Hall–Kier alpha value is -0.680. The summed E-state index contributed by atoms with van der Waals surface area (Å²) in [6.07, 6.45) is 13.3. The number of carbonyl (C=O) groups excluding carboxylic acids is 1. The van der Waals surface area contributed by atoms with Crippen molar-refractivity contribution in [3.8, 4) is 0 Å². The number of hydrogen-bond donors (Lipinski definition) is 6. The first kappa shape index (κ1) is 34.3. The van der Waals surface area contributed by atoms with Gasteiger partial charge in [0.15, 0.2) is 11.6 Å². The molecule has 35 heavy (non-hydrogen) atoms. The number of ketones is 1. The van der Waals surface area contributed by atoms with Crippen molar-refractivity contribution in [2.24, 2.45) is 0 Å². The fraction of sp³-hybridized carbons (Fsp3) is 0.875. The summed E-state index contributed by atoms with van der Waals surface area (Å²) in [6.45, 7) is 0.340. The molecule has 0 aromatic heterocycles. The van der Waals surface area contributed by atoms with Crippen LogP contribution in [0.5, 0.6) is 0 Å². The minimum Gasteiger partial charge on any atom is -0.394 e. The average molecular weight is 527 g/mol. The number of allylic oxidation sites excluding steroid dienone is 2. The second-order valence-corrected chi connectivity index (χ2v) is 10.6. The van der Waals surface area contributed by atoms with E-state index in [1.165, 1.54) is 38.5 Å². The normalized spacial score (nSPS) is 15.9. The van der Waals surface area contributed by atoms with E-state index in [1.54, 1.807) is 0 Å². The van der Waals surface area contributed by atoms with Crippen LogP contribution in [0, 0.1) is 0 Å². The van der Waals surface area contributed by atoms with Crippen LogP contribution in [0.2, 0.25) is 0 Å². The predicted molar refractivity (Wildman–Crippen MR) is 133 cm³/mol. The Morgan fingerprint density at radius 1 is 0.857 bits per heavy atom. The summed E-state index contributed by atoms with van der Waals surface area (Å²) in [4.78, 5) is 35.4. The number of rotatable bonds is 24. The summed E-state index contributed by atoms with van der Waals surface area (Å²) in [5.41, 5.74) is 0. The summed E-state index contributed by atoms with van der Waals surface area (Å²) >= 11 is 0. The molecule has 11 heteroatoms. The van der Waals surface area contributed by atoms with E-state index >= 15 is 0 Å². The second-order valence-electron chi connectivity index (χ2n) is 8.91. The van der Waals surface area contributed by atoms with Gasteiger partial charge in [-0.15, -0.1) is 0 Å². The quantitative estimate of drug-likeness (QED) is 0.0358. The summed E-state index contributed by atoms with van der Waals surface area (Å²) < 4.78 is 16.7. The van der Waals surface area contributed by atoms with E-state index in [4.69, 9.17) is 15.1 Å². The Balaban J connectivity index is 4.29. The van der Waals surface area contributed by atoms with Crippen molar-refractivity contribution in [2.45, 2.75) is 121 Å². The highest BCUT2D eigenvalue weighted by atomic mass is 31.2. The van der Waals surface area contributed by atoms with Gasteiger partial charge in [-0.25, -0.2) is 4.89 Å². The molecular weight excluding hydrogens is 479 g/mol. The zero-order valence-corrected chi connectivity index (χ0v) is 21.9. The zero-order chi connectivity index (χ0) is 26.5. The van der Waals surface area contributed by atoms with Crippen LogP contribution in [0.4, 0.5) is 0 Å². The maximum Gasteiger partial charge on any atom is 0.356 e. The number of aliphatic hydroxyl groups excluding tert-OH is 3. The lowest BCUT2D eigenvalue weighted by molar-refractivity contribution is -0.305. The Labute approximate surface area is 209 Å². The summed E-state index contributed by atoms with van der Waals surface area (Å²) in [5, 5.41) is 37.0. The number of unbranched alkanes of at least 4 members (excludes halogenated alkanes) is 11. The summed E-state index contributed by atoms with van der Waals surface area (Å²) in [6, 6.07) is 0. The van der Waals surface area contributed by atoms with Crippen LogP contribution in [-0.4, -0.2) is 73.5 Å². The lowest BCUT2D eigenvalue weighted by Crippen LogP contribution is -2.46. The Morgan fingerprint density at radius 2 is 1.37 bits per heavy atom. The first-order valence-corrected chi connectivity index (χ1v) is 14.5. The molecule has 0 aromatic carbocycles. The molecule has 208 valence electrons. The van der Waals surface area contributed by atoms with Crippen molar-refractivity contribution in [3.05, 3.63) is 12.2 Å². The maximum absolute atomic E-state index is 12.6. The first-order chi connectivity index (χ1) is 16.7. The largest absolute Gasteiger partial charge is 0.394 e. The van der Waals surface area contributed by atoms with Crippen LogP contribution < -0.4 is 0 Å². The van der Waals surface area contributed by atoms with Crippen LogP contribution >= 0.6 is 7.60 Å². The van der Waals surface area contributed by atoms with E-state index in [9.17, 15) is 29.4 Å². The van der Waals surface area contributed by atoms with E-state index < -0.39 is 50.7 Å². The van der Waals surface area contributed by atoms with Crippen LogP contribution in [-0.2, 0) is 19.0 Å². The molecule has 0 rings (SSSR count). The van der Waals surface area contributed by atoms with Crippen molar-refractivity contribution in [2.75, 3.05) is 13.2 Å². The van der Waals surface area contributed by atoms with Gasteiger partial charge in [0.1, 0.15) is 18.3 Å². The van der Waals surface area contributed by atoms with E-state index in [0.29, 0.717) is 6.42 Å². The van der Waals surface area contributed by atoms with Crippen molar-refractivity contribution in [1.82, 2.24) is 0 Å². The van der Waals surface area contributed by atoms with Gasteiger partial charge < -0.3 is 29.8 Å². The van der Waals surface area contributed by atoms with E-state index in [1.807, 2.05) is 0 Å². The van der Waals surface area contributed by atoms with Gasteiger partial charge in [0.2, 0.25) is 0 Å². The molecule has 0 saturated carbocycles. The molecule has 0 amide bonds. The van der Waals surface area contributed by atoms with Crippen molar-refractivity contribution >= 4 is 13.4 Å². The van der Waals surface area contributed by atoms with Gasteiger partial charge in [0, 0.05) is 6.42 Å². The smallest absolute Gasteiger partial charge is 0.356 e. The number of carbonyl (C=O) groups is 1. The fourth-order valence-electron chi connectivity index (χ4n) is 3.70. The highest BCUT2D eigenvalue weighted by Gasteiger charge is 2.42. The molecule has 0 saturated heterocycles.